The summed E-state index contributed by atoms with van der Waals surface area (Å²) in [4.78, 5) is 51.2. The molecule has 11 heteroatoms. The highest BCUT2D eigenvalue weighted by molar-refractivity contribution is 6.41. The second-order valence-electron chi connectivity index (χ2n) is 11.1. The Morgan fingerprint density at radius 2 is 1.49 bits per heavy atom. The van der Waals surface area contributed by atoms with Gasteiger partial charge in [0.05, 0.1) is 6.33 Å². The Hall–Kier alpha value is -5.74. The highest BCUT2D eigenvalue weighted by atomic mass is 35.5. The van der Waals surface area contributed by atoms with Crippen LogP contribution in [0.25, 0.3) is 0 Å². The Bertz CT molecular complexity index is 1830. The van der Waals surface area contributed by atoms with E-state index in [1.165, 1.54) is 6.33 Å². The van der Waals surface area contributed by atoms with Gasteiger partial charge in [-0.3, -0.25) is 9.59 Å². The number of hydrogen-bond donors (Lipinski definition) is 3. The maximum atomic E-state index is 13.7. The van der Waals surface area contributed by atoms with E-state index in [1.54, 1.807) is 24.4 Å². The number of alkyl carbamates (subject to hydrolysis) is 1. The van der Waals surface area contributed by atoms with Crippen LogP contribution in [-0.2, 0) is 46.8 Å². The van der Waals surface area contributed by atoms with Gasteiger partial charge in [-0.15, -0.1) is 0 Å². The molecule has 5 aromatic rings. The fourth-order valence-corrected chi connectivity index (χ4v) is 5.09. The number of nitrogens with zero attached hydrogens (tertiary/aromatic N) is 2. The first-order valence-electron chi connectivity index (χ1n) is 15.8. The van der Waals surface area contributed by atoms with Gasteiger partial charge in [0.1, 0.15) is 30.7 Å². The van der Waals surface area contributed by atoms with E-state index in [9.17, 15) is 14.4 Å². The lowest BCUT2D eigenvalue weighted by Gasteiger charge is -2.16. The standard InChI is InChI=1S/C38H36ClN5O5/c39-33-14-8-7-13-30(33)19-20-41-36(45)34(21-27-15-17-32(18-16-27)48-24-28-9-3-1-4-10-28)43-37(46)35(22-31-23-40-26-42-31)44-38(47)49-25-29-11-5-2-6-12-29/h1-18,23,26,35H,19-22,24-25H2,(H,40,42)(H,41,45)(H,44,47). The summed E-state index contributed by atoms with van der Waals surface area (Å²) in [6, 6.07) is 32.5. The summed E-state index contributed by atoms with van der Waals surface area (Å²) in [7, 11) is 0. The first-order valence-corrected chi connectivity index (χ1v) is 16.1. The second-order valence-corrected chi connectivity index (χ2v) is 11.5. The highest BCUT2D eigenvalue weighted by Crippen LogP contribution is 2.17. The number of benzene rings is 4. The number of ether oxygens (including phenoxy) is 2. The Morgan fingerprint density at radius 3 is 2.16 bits per heavy atom. The quantitative estimate of drug-likeness (QED) is 0.116. The smallest absolute Gasteiger partial charge is 0.408 e. The number of nitrogens with one attached hydrogen (secondary N) is 3. The summed E-state index contributed by atoms with van der Waals surface area (Å²) < 4.78 is 11.3. The summed E-state index contributed by atoms with van der Waals surface area (Å²) in [5.74, 6) is -0.578. The molecule has 0 spiro atoms. The van der Waals surface area contributed by atoms with Crippen LogP contribution in [0.15, 0.2) is 127 Å². The molecule has 0 aliphatic rings. The van der Waals surface area contributed by atoms with Gasteiger partial charge in [-0.1, -0.05) is 103 Å². The van der Waals surface area contributed by atoms with Crippen molar-refractivity contribution < 1.29 is 23.9 Å². The number of halogens is 1. The van der Waals surface area contributed by atoms with Crippen molar-refractivity contribution in [3.05, 3.63) is 155 Å². The largest absolute Gasteiger partial charge is 0.489 e. The molecule has 0 radical (unpaired) electrons. The van der Waals surface area contributed by atoms with Crippen molar-refractivity contribution in [2.24, 2.45) is 4.99 Å². The molecular formula is C38H36ClN5O5. The summed E-state index contributed by atoms with van der Waals surface area (Å²) in [6.07, 6.45) is 2.81. The molecule has 1 unspecified atom stereocenters. The Labute approximate surface area is 289 Å². The molecular weight excluding hydrogens is 642 g/mol. The SMILES string of the molecule is O=C(NC(Cc1cnc[nH]1)C(=O)N=C(Cc1ccc(OCc2ccccc2)cc1)C(=O)NCCc1ccccc1Cl)OCc1ccccc1. The second kappa shape index (κ2) is 18.0. The zero-order valence-electron chi connectivity index (χ0n) is 26.7. The molecule has 0 aliphatic carbocycles. The summed E-state index contributed by atoms with van der Waals surface area (Å²) in [5, 5.41) is 6.07. The van der Waals surface area contributed by atoms with Crippen LogP contribution < -0.4 is 15.4 Å². The van der Waals surface area contributed by atoms with Crippen LogP contribution in [-0.4, -0.2) is 46.2 Å². The van der Waals surface area contributed by atoms with Gasteiger partial charge < -0.3 is 25.1 Å². The zero-order valence-corrected chi connectivity index (χ0v) is 27.4. The summed E-state index contributed by atoms with van der Waals surface area (Å²) in [6.45, 7) is 0.697. The summed E-state index contributed by atoms with van der Waals surface area (Å²) >= 11 is 6.30. The van der Waals surface area contributed by atoms with E-state index in [4.69, 9.17) is 21.1 Å². The first-order chi connectivity index (χ1) is 23.9. The molecule has 4 aromatic carbocycles. The van der Waals surface area contributed by atoms with E-state index in [0.29, 0.717) is 29.5 Å². The van der Waals surface area contributed by atoms with Crippen LogP contribution in [0.2, 0.25) is 5.02 Å². The molecule has 1 heterocycles. The Balaban J connectivity index is 1.31. The van der Waals surface area contributed by atoms with Crippen LogP contribution in [0.3, 0.4) is 0 Å². The minimum absolute atomic E-state index is 0.0174. The number of aromatic amines is 1. The monoisotopic (exact) mass is 677 g/mol. The predicted molar refractivity (Wildman–Crippen MR) is 187 cm³/mol. The van der Waals surface area contributed by atoms with E-state index < -0.39 is 23.9 Å². The molecule has 3 N–H and O–H groups in total. The summed E-state index contributed by atoms with van der Waals surface area (Å²) in [5.41, 5.74) is 4.02. The van der Waals surface area contributed by atoms with Crippen LogP contribution >= 0.6 is 11.6 Å². The number of amides is 3. The van der Waals surface area contributed by atoms with Gasteiger partial charge in [0.2, 0.25) is 0 Å². The van der Waals surface area contributed by atoms with Crippen molar-refractivity contribution in [3.63, 3.8) is 0 Å². The molecule has 0 aliphatic heterocycles. The van der Waals surface area contributed by atoms with E-state index in [-0.39, 0.29) is 31.7 Å². The topological polar surface area (TPSA) is 135 Å². The van der Waals surface area contributed by atoms with E-state index >= 15 is 0 Å². The Morgan fingerprint density at radius 1 is 0.816 bits per heavy atom. The highest BCUT2D eigenvalue weighted by Gasteiger charge is 2.25. The molecule has 0 fully saturated rings. The molecule has 10 nitrogen and oxygen atoms in total. The third-order valence-electron chi connectivity index (χ3n) is 7.47. The molecule has 49 heavy (non-hydrogen) atoms. The Kier molecular flexibility index (Phi) is 12.7. The van der Waals surface area contributed by atoms with Crippen LogP contribution in [0, 0.1) is 0 Å². The molecule has 1 atom stereocenters. The van der Waals surface area contributed by atoms with E-state index in [1.807, 2.05) is 91.0 Å². The molecule has 0 saturated carbocycles. The average molecular weight is 678 g/mol. The number of hydrogen-bond acceptors (Lipinski definition) is 6. The van der Waals surface area contributed by atoms with Gasteiger partial charge in [-0.25, -0.2) is 14.8 Å². The van der Waals surface area contributed by atoms with Gasteiger partial charge in [0, 0.05) is 36.3 Å². The van der Waals surface area contributed by atoms with Crippen molar-refractivity contribution in [1.82, 2.24) is 20.6 Å². The molecule has 0 bridgehead atoms. The number of rotatable bonds is 15. The molecule has 3 amide bonds. The third kappa shape index (κ3) is 11.2. The van der Waals surface area contributed by atoms with Gasteiger partial charge >= 0.3 is 6.09 Å². The van der Waals surface area contributed by atoms with E-state index in [0.717, 1.165) is 22.3 Å². The van der Waals surface area contributed by atoms with Gasteiger partial charge in [-0.2, -0.15) is 0 Å². The minimum atomic E-state index is -1.14. The molecule has 0 saturated heterocycles. The maximum absolute atomic E-state index is 13.7. The van der Waals surface area contributed by atoms with Gasteiger partial charge in [-0.05, 0) is 46.9 Å². The number of carbonyl (C=O) groups is 3. The van der Waals surface area contributed by atoms with Crippen molar-refractivity contribution in [2.45, 2.75) is 38.5 Å². The zero-order chi connectivity index (χ0) is 34.3. The lowest BCUT2D eigenvalue weighted by atomic mass is 10.1. The van der Waals surface area contributed by atoms with Crippen molar-refractivity contribution in [2.75, 3.05) is 6.54 Å². The number of aromatic nitrogens is 2. The normalized spacial score (nSPS) is 11.7. The third-order valence-corrected chi connectivity index (χ3v) is 7.84. The number of imidazole rings is 1. The fraction of sp³-hybridized carbons (Fsp3) is 0.184. The number of H-pyrrole nitrogens is 1. The van der Waals surface area contributed by atoms with Crippen molar-refractivity contribution in [3.8, 4) is 5.75 Å². The first kappa shape index (κ1) is 34.6. The maximum Gasteiger partial charge on any atom is 0.408 e. The predicted octanol–water partition coefficient (Wildman–Crippen LogP) is 6.05. The molecule has 250 valence electrons. The van der Waals surface area contributed by atoms with E-state index in [2.05, 4.69) is 25.6 Å². The van der Waals surface area contributed by atoms with Crippen molar-refractivity contribution >= 4 is 35.2 Å². The minimum Gasteiger partial charge on any atom is -0.489 e. The molecule has 5 rings (SSSR count). The lowest BCUT2D eigenvalue weighted by Crippen LogP contribution is -2.43. The average Bonchev–Trinajstić information content (AvgIpc) is 3.65. The molecule has 1 aromatic heterocycles. The number of aliphatic imine (C=N–C) groups is 1. The lowest BCUT2D eigenvalue weighted by molar-refractivity contribution is -0.120. The number of carbonyl (C=O) groups excluding carboxylic acids is 3. The van der Waals surface area contributed by atoms with Crippen LogP contribution in [0.4, 0.5) is 4.79 Å². The van der Waals surface area contributed by atoms with Crippen LogP contribution in [0.5, 0.6) is 5.75 Å². The fourth-order valence-electron chi connectivity index (χ4n) is 4.86. The van der Waals surface area contributed by atoms with Crippen LogP contribution in [0.1, 0.15) is 27.9 Å². The van der Waals surface area contributed by atoms with Gasteiger partial charge in [0.25, 0.3) is 11.8 Å². The van der Waals surface area contributed by atoms with Crippen molar-refractivity contribution in [1.29, 1.82) is 0 Å². The van der Waals surface area contributed by atoms with Gasteiger partial charge in [0.15, 0.2) is 0 Å².